The third-order valence-electron chi connectivity index (χ3n) is 2.23. The van der Waals surface area contributed by atoms with Gasteiger partial charge < -0.3 is 15.9 Å². The fraction of sp³-hybridized carbons (Fsp3) is 0.500. The molecule has 1 rings (SSSR count). The van der Waals surface area contributed by atoms with E-state index < -0.39 is 11.9 Å². The Morgan fingerprint density at radius 2 is 2.40 bits per heavy atom. The van der Waals surface area contributed by atoms with Crippen molar-refractivity contribution in [2.45, 2.75) is 19.5 Å². The summed E-state index contributed by atoms with van der Waals surface area (Å²) < 4.78 is 5.21. The molecule has 5 heteroatoms. The molecule has 4 N–H and O–H groups in total. The summed E-state index contributed by atoms with van der Waals surface area (Å²) in [5.74, 6) is 0.376. The molecule has 0 bridgehead atoms. The molecule has 1 unspecified atom stereocenters. The van der Waals surface area contributed by atoms with E-state index in [1.165, 1.54) is 0 Å². The zero-order valence-corrected chi connectivity index (χ0v) is 8.85. The summed E-state index contributed by atoms with van der Waals surface area (Å²) in [4.78, 5) is 12.8. The van der Waals surface area contributed by atoms with Crippen molar-refractivity contribution in [1.82, 2.24) is 4.90 Å². The van der Waals surface area contributed by atoms with Crippen LogP contribution in [0.1, 0.15) is 12.7 Å². The van der Waals surface area contributed by atoms with Crippen LogP contribution in [-0.2, 0) is 11.3 Å². The normalized spacial score (nSPS) is 13.0. The first-order valence-corrected chi connectivity index (χ1v) is 4.93. The molecule has 0 radical (unpaired) electrons. The Hall–Kier alpha value is -1.33. The standard InChI is InChI=1S/C10H17N3O2/c1-2-13(7-9(11)10(12)14)6-8-4-3-5-15-8/h3-5,9H,2,6-7,11H2,1H3,(H2,12,14). The molecule has 0 aromatic carbocycles. The number of amides is 1. The van der Waals surface area contributed by atoms with E-state index in [1.807, 2.05) is 24.0 Å². The number of furan rings is 1. The number of nitrogens with two attached hydrogens (primary N) is 2. The lowest BCUT2D eigenvalue weighted by molar-refractivity contribution is -0.119. The van der Waals surface area contributed by atoms with Gasteiger partial charge in [-0.15, -0.1) is 0 Å². The number of primary amides is 1. The van der Waals surface area contributed by atoms with Crippen LogP contribution in [-0.4, -0.2) is 29.9 Å². The van der Waals surface area contributed by atoms with Gasteiger partial charge in [0.05, 0.1) is 18.8 Å². The van der Waals surface area contributed by atoms with Gasteiger partial charge in [0, 0.05) is 6.54 Å². The van der Waals surface area contributed by atoms with Gasteiger partial charge in [0.2, 0.25) is 5.91 Å². The van der Waals surface area contributed by atoms with Crippen molar-refractivity contribution in [3.05, 3.63) is 24.2 Å². The van der Waals surface area contributed by atoms with Crippen molar-refractivity contribution in [2.75, 3.05) is 13.1 Å². The maximum absolute atomic E-state index is 10.8. The molecule has 0 spiro atoms. The molecule has 1 amide bonds. The van der Waals surface area contributed by atoms with E-state index in [9.17, 15) is 4.79 Å². The van der Waals surface area contributed by atoms with E-state index in [0.29, 0.717) is 13.1 Å². The number of rotatable bonds is 6. The lowest BCUT2D eigenvalue weighted by atomic mass is 10.2. The van der Waals surface area contributed by atoms with E-state index in [4.69, 9.17) is 15.9 Å². The van der Waals surface area contributed by atoms with E-state index in [0.717, 1.165) is 12.3 Å². The Labute approximate surface area is 89.0 Å². The second kappa shape index (κ2) is 5.53. The van der Waals surface area contributed by atoms with E-state index >= 15 is 0 Å². The molecule has 1 aromatic heterocycles. The summed E-state index contributed by atoms with van der Waals surface area (Å²) in [5, 5.41) is 0. The average molecular weight is 211 g/mol. The van der Waals surface area contributed by atoms with Crippen molar-refractivity contribution < 1.29 is 9.21 Å². The van der Waals surface area contributed by atoms with Crippen LogP contribution in [0, 0.1) is 0 Å². The molecule has 0 saturated heterocycles. The summed E-state index contributed by atoms with van der Waals surface area (Å²) in [6.07, 6.45) is 1.62. The highest BCUT2D eigenvalue weighted by molar-refractivity contribution is 5.79. The Bertz CT molecular complexity index is 298. The Morgan fingerprint density at radius 3 is 2.87 bits per heavy atom. The van der Waals surface area contributed by atoms with Crippen LogP contribution in [0.2, 0.25) is 0 Å². The topological polar surface area (TPSA) is 85.5 Å². The lowest BCUT2D eigenvalue weighted by Gasteiger charge is -2.21. The van der Waals surface area contributed by atoms with Gasteiger partial charge >= 0.3 is 0 Å². The number of nitrogens with zero attached hydrogens (tertiary/aromatic N) is 1. The van der Waals surface area contributed by atoms with Gasteiger partial charge in [-0.2, -0.15) is 0 Å². The zero-order valence-electron chi connectivity index (χ0n) is 8.85. The molecule has 0 aliphatic carbocycles. The highest BCUT2D eigenvalue weighted by Gasteiger charge is 2.14. The molecule has 84 valence electrons. The van der Waals surface area contributed by atoms with Crippen molar-refractivity contribution in [3.63, 3.8) is 0 Å². The van der Waals surface area contributed by atoms with Gasteiger partial charge in [-0.3, -0.25) is 9.69 Å². The Balaban J connectivity index is 2.46. The minimum Gasteiger partial charge on any atom is -0.468 e. The predicted molar refractivity (Wildman–Crippen MR) is 56.8 cm³/mol. The largest absolute Gasteiger partial charge is 0.468 e. The van der Waals surface area contributed by atoms with Crippen LogP contribution >= 0.6 is 0 Å². The summed E-state index contributed by atoms with van der Waals surface area (Å²) >= 11 is 0. The van der Waals surface area contributed by atoms with Gasteiger partial charge in [-0.1, -0.05) is 6.92 Å². The highest BCUT2D eigenvalue weighted by Crippen LogP contribution is 2.05. The van der Waals surface area contributed by atoms with Gasteiger partial charge in [-0.05, 0) is 18.7 Å². The maximum Gasteiger partial charge on any atom is 0.235 e. The number of hydrogen-bond donors (Lipinski definition) is 2. The van der Waals surface area contributed by atoms with Crippen molar-refractivity contribution in [3.8, 4) is 0 Å². The Morgan fingerprint density at radius 1 is 1.67 bits per heavy atom. The summed E-state index contributed by atoms with van der Waals surface area (Å²) in [5.41, 5.74) is 10.7. The molecular formula is C10H17N3O2. The van der Waals surface area contributed by atoms with Crippen LogP contribution in [0.15, 0.2) is 22.8 Å². The fourth-order valence-electron chi connectivity index (χ4n) is 1.30. The quantitative estimate of drug-likeness (QED) is 0.688. The van der Waals surface area contributed by atoms with E-state index in [2.05, 4.69) is 0 Å². The van der Waals surface area contributed by atoms with Crippen molar-refractivity contribution in [2.24, 2.45) is 11.5 Å². The van der Waals surface area contributed by atoms with E-state index in [1.54, 1.807) is 6.26 Å². The predicted octanol–water partition coefficient (Wildman–Crippen LogP) is -0.0859. The molecule has 0 aliphatic rings. The molecule has 5 nitrogen and oxygen atoms in total. The molecule has 1 aromatic rings. The van der Waals surface area contributed by atoms with Gasteiger partial charge in [0.25, 0.3) is 0 Å². The second-order valence-electron chi connectivity index (χ2n) is 3.42. The van der Waals surface area contributed by atoms with Crippen molar-refractivity contribution >= 4 is 5.91 Å². The molecule has 0 aliphatic heterocycles. The van der Waals surface area contributed by atoms with Crippen molar-refractivity contribution in [1.29, 1.82) is 0 Å². The second-order valence-corrected chi connectivity index (χ2v) is 3.42. The number of hydrogen-bond acceptors (Lipinski definition) is 4. The first kappa shape index (κ1) is 11.7. The SMILES string of the molecule is CCN(Cc1ccco1)CC(N)C(N)=O. The van der Waals surface area contributed by atoms with Crippen LogP contribution in [0.25, 0.3) is 0 Å². The van der Waals surface area contributed by atoms with Crippen LogP contribution in [0.4, 0.5) is 0 Å². The molecule has 1 atom stereocenters. The number of carbonyl (C=O) groups is 1. The smallest absolute Gasteiger partial charge is 0.235 e. The average Bonchev–Trinajstić information content (AvgIpc) is 2.69. The monoisotopic (exact) mass is 211 g/mol. The third kappa shape index (κ3) is 3.73. The van der Waals surface area contributed by atoms with E-state index in [-0.39, 0.29) is 0 Å². The lowest BCUT2D eigenvalue weighted by Crippen LogP contribution is -2.45. The zero-order chi connectivity index (χ0) is 11.3. The number of carbonyl (C=O) groups excluding carboxylic acids is 1. The van der Waals surface area contributed by atoms with Crippen LogP contribution in [0.5, 0.6) is 0 Å². The first-order valence-electron chi connectivity index (χ1n) is 4.93. The van der Waals surface area contributed by atoms with Crippen LogP contribution in [0.3, 0.4) is 0 Å². The number of likely N-dealkylation sites (N-methyl/N-ethyl adjacent to an activating group) is 1. The molecular weight excluding hydrogens is 194 g/mol. The maximum atomic E-state index is 10.8. The molecule has 0 saturated carbocycles. The van der Waals surface area contributed by atoms with Gasteiger partial charge in [-0.25, -0.2) is 0 Å². The fourth-order valence-corrected chi connectivity index (χ4v) is 1.30. The highest BCUT2D eigenvalue weighted by atomic mass is 16.3. The summed E-state index contributed by atoms with van der Waals surface area (Å²) in [6.45, 7) is 3.88. The Kier molecular flexibility index (Phi) is 4.33. The molecule has 0 fully saturated rings. The van der Waals surface area contributed by atoms with Gasteiger partial charge in [0.1, 0.15) is 5.76 Å². The first-order chi connectivity index (χ1) is 7.13. The minimum atomic E-state index is -0.625. The summed E-state index contributed by atoms with van der Waals surface area (Å²) in [6, 6.07) is 3.09. The minimum absolute atomic E-state index is 0.451. The van der Waals surface area contributed by atoms with Crippen LogP contribution < -0.4 is 11.5 Å². The van der Waals surface area contributed by atoms with Gasteiger partial charge in [0.15, 0.2) is 0 Å². The third-order valence-corrected chi connectivity index (χ3v) is 2.23. The molecule has 15 heavy (non-hydrogen) atoms. The molecule has 1 heterocycles. The summed E-state index contributed by atoms with van der Waals surface area (Å²) in [7, 11) is 0.